The zero-order valence-electron chi connectivity index (χ0n) is 15.8. The van der Waals surface area contributed by atoms with Gasteiger partial charge in [0.2, 0.25) is 0 Å². The number of halogens is 1. The Balaban J connectivity index is 1.74. The maximum atomic E-state index is 6.45. The second-order valence-electron chi connectivity index (χ2n) is 7.02. The second-order valence-corrected chi connectivity index (χ2v) is 7.51. The normalized spacial score (nSPS) is 12.9. The van der Waals surface area contributed by atoms with Crippen molar-refractivity contribution in [2.45, 2.75) is 12.8 Å². The summed E-state index contributed by atoms with van der Waals surface area (Å²) in [6.45, 7) is 0. The first-order valence-corrected chi connectivity index (χ1v) is 10.0. The van der Waals surface area contributed by atoms with Gasteiger partial charge in [-0.1, -0.05) is 78.3 Å². The van der Waals surface area contributed by atoms with Gasteiger partial charge in [-0.05, 0) is 30.7 Å². The number of hydrogen-bond acceptors (Lipinski definition) is 2. The van der Waals surface area contributed by atoms with Crippen molar-refractivity contribution in [3.05, 3.63) is 107 Å². The fourth-order valence-corrected chi connectivity index (χ4v) is 3.99. The minimum atomic E-state index is 0.634. The standard InChI is InChI=1S/C26H19ClO2/c27-18-15-16-23-24(17-18)26(29-20-11-5-2-6-12-20)22-14-8-7-13-21(22)25(23)28-19-9-3-1-4-10-19/h1-15H,16-17H2. The minimum absolute atomic E-state index is 0.634. The Kier molecular flexibility index (Phi) is 4.71. The molecule has 0 fully saturated rings. The van der Waals surface area contributed by atoms with Crippen LogP contribution in [0.5, 0.6) is 23.0 Å². The molecule has 0 amide bonds. The predicted octanol–water partition coefficient (Wildman–Crippen LogP) is 7.65. The summed E-state index contributed by atoms with van der Waals surface area (Å²) in [4.78, 5) is 0. The van der Waals surface area contributed by atoms with Crippen LogP contribution >= 0.6 is 11.6 Å². The summed E-state index contributed by atoms with van der Waals surface area (Å²) in [5.74, 6) is 3.36. The van der Waals surface area contributed by atoms with E-state index in [-0.39, 0.29) is 0 Å². The molecular weight excluding hydrogens is 380 g/mol. The van der Waals surface area contributed by atoms with Crippen molar-refractivity contribution in [2.24, 2.45) is 0 Å². The molecule has 0 saturated carbocycles. The average Bonchev–Trinajstić information content (AvgIpc) is 2.77. The van der Waals surface area contributed by atoms with E-state index in [9.17, 15) is 0 Å². The zero-order chi connectivity index (χ0) is 19.6. The highest BCUT2D eigenvalue weighted by atomic mass is 35.5. The summed E-state index contributed by atoms with van der Waals surface area (Å²) < 4.78 is 12.8. The lowest BCUT2D eigenvalue weighted by Gasteiger charge is -2.24. The molecule has 29 heavy (non-hydrogen) atoms. The van der Waals surface area contributed by atoms with Gasteiger partial charge in [0, 0.05) is 33.4 Å². The molecule has 0 aromatic heterocycles. The Morgan fingerprint density at radius 1 is 0.586 bits per heavy atom. The van der Waals surface area contributed by atoms with Crippen LogP contribution < -0.4 is 9.47 Å². The Hall–Kier alpha value is -3.23. The Morgan fingerprint density at radius 2 is 1.07 bits per heavy atom. The van der Waals surface area contributed by atoms with E-state index < -0.39 is 0 Å². The van der Waals surface area contributed by atoms with Crippen LogP contribution in [0, 0.1) is 0 Å². The van der Waals surface area contributed by atoms with Crippen LogP contribution in [-0.2, 0) is 12.8 Å². The van der Waals surface area contributed by atoms with Gasteiger partial charge in [0.25, 0.3) is 0 Å². The van der Waals surface area contributed by atoms with Crippen molar-refractivity contribution in [1.82, 2.24) is 0 Å². The molecule has 5 rings (SSSR count). The van der Waals surface area contributed by atoms with E-state index in [0.29, 0.717) is 12.8 Å². The first-order chi connectivity index (χ1) is 14.3. The number of allylic oxidation sites excluding steroid dienone is 2. The highest BCUT2D eigenvalue weighted by Gasteiger charge is 2.24. The Morgan fingerprint density at radius 3 is 1.62 bits per heavy atom. The topological polar surface area (TPSA) is 18.5 Å². The number of fused-ring (bicyclic) bond motifs is 2. The molecule has 0 spiro atoms. The maximum absolute atomic E-state index is 6.45. The van der Waals surface area contributed by atoms with Crippen molar-refractivity contribution in [1.29, 1.82) is 0 Å². The number of hydrogen-bond donors (Lipinski definition) is 0. The van der Waals surface area contributed by atoms with E-state index in [1.165, 1.54) is 0 Å². The third-order valence-corrected chi connectivity index (χ3v) is 5.42. The molecule has 1 aliphatic rings. The largest absolute Gasteiger partial charge is 0.456 e. The van der Waals surface area contributed by atoms with E-state index in [1.54, 1.807) is 0 Å². The fraction of sp³-hybridized carbons (Fsp3) is 0.0769. The van der Waals surface area contributed by atoms with E-state index >= 15 is 0 Å². The molecule has 0 radical (unpaired) electrons. The summed E-state index contributed by atoms with van der Waals surface area (Å²) in [5, 5.41) is 2.89. The van der Waals surface area contributed by atoms with Gasteiger partial charge < -0.3 is 9.47 Å². The van der Waals surface area contributed by atoms with Gasteiger partial charge in [-0.3, -0.25) is 0 Å². The van der Waals surface area contributed by atoms with Crippen LogP contribution in [0.3, 0.4) is 0 Å². The summed E-state index contributed by atoms with van der Waals surface area (Å²) in [6, 6.07) is 28.0. The molecule has 0 atom stereocenters. The molecular formula is C26H19ClO2. The molecule has 4 aromatic carbocycles. The third kappa shape index (κ3) is 3.48. The average molecular weight is 399 g/mol. The van der Waals surface area contributed by atoms with Crippen LogP contribution in [0.4, 0.5) is 0 Å². The smallest absolute Gasteiger partial charge is 0.139 e. The maximum Gasteiger partial charge on any atom is 0.139 e. The van der Waals surface area contributed by atoms with Crippen LogP contribution in [0.2, 0.25) is 0 Å². The fourth-order valence-electron chi connectivity index (χ4n) is 3.78. The second kappa shape index (κ2) is 7.65. The van der Waals surface area contributed by atoms with Crippen LogP contribution in [0.25, 0.3) is 10.8 Å². The van der Waals surface area contributed by atoms with Gasteiger partial charge in [-0.25, -0.2) is 0 Å². The molecule has 1 aliphatic carbocycles. The van der Waals surface area contributed by atoms with Gasteiger partial charge in [-0.2, -0.15) is 0 Å². The van der Waals surface area contributed by atoms with Gasteiger partial charge in [-0.15, -0.1) is 0 Å². The first kappa shape index (κ1) is 17.8. The predicted molar refractivity (Wildman–Crippen MR) is 118 cm³/mol. The lowest BCUT2D eigenvalue weighted by atomic mass is 9.90. The highest BCUT2D eigenvalue weighted by Crippen LogP contribution is 2.46. The van der Waals surface area contributed by atoms with Gasteiger partial charge in [0.15, 0.2) is 0 Å². The molecule has 142 valence electrons. The molecule has 0 heterocycles. The van der Waals surface area contributed by atoms with E-state index in [2.05, 4.69) is 18.2 Å². The minimum Gasteiger partial charge on any atom is -0.456 e. The van der Waals surface area contributed by atoms with Crippen molar-refractivity contribution < 1.29 is 9.47 Å². The number of rotatable bonds is 4. The SMILES string of the molecule is ClC1=CCc2c(c(Oc3ccccc3)c3ccccc3c2Oc2ccccc2)C1. The number of ether oxygens (including phenoxy) is 2. The summed E-state index contributed by atoms with van der Waals surface area (Å²) >= 11 is 6.45. The first-order valence-electron chi connectivity index (χ1n) is 9.66. The Bertz CT molecular complexity index is 1200. The van der Waals surface area contributed by atoms with Crippen molar-refractivity contribution in [3.8, 4) is 23.0 Å². The summed E-state index contributed by atoms with van der Waals surface area (Å²) in [5.41, 5.74) is 2.22. The number of benzene rings is 4. The summed E-state index contributed by atoms with van der Waals surface area (Å²) in [7, 11) is 0. The molecule has 0 aliphatic heterocycles. The lowest BCUT2D eigenvalue weighted by molar-refractivity contribution is 0.468. The van der Waals surface area contributed by atoms with Crippen LogP contribution in [-0.4, -0.2) is 0 Å². The van der Waals surface area contributed by atoms with Gasteiger partial charge in [0.05, 0.1) is 0 Å². The summed E-state index contributed by atoms with van der Waals surface area (Å²) in [6.07, 6.45) is 3.41. The molecule has 0 unspecified atom stereocenters. The van der Waals surface area contributed by atoms with Crippen LogP contribution in [0.15, 0.2) is 96.0 Å². The van der Waals surface area contributed by atoms with E-state index in [1.807, 2.05) is 72.8 Å². The molecule has 3 heteroatoms. The van der Waals surface area contributed by atoms with Gasteiger partial charge >= 0.3 is 0 Å². The molecule has 2 nitrogen and oxygen atoms in total. The van der Waals surface area contributed by atoms with Crippen LogP contribution in [0.1, 0.15) is 11.1 Å². The highest BCUT2D eigenvalue weighted by molar-refractivity contribution is 6.30. The molecule has 0 N–H and O–H groups in total. The lowest BCUT2D eigenvalue weighted by Crippen LogP contribution is -2.06. The van der Waals surface area contributed by atoms with E-state index in [0.717, 1.165) is 49.9 Å². The third-order valence-electron chi connectivity index (χ3n) is 5.13. The number of para-hydroxylation sites is 2. The molecule has 4 aromatic rings. The monoisotopic (exact) mass is 398 g/mol. The quantitative estimate of drug-likeness (QED) is 0.351. The zero-order valence-corrected chi connectivity index (χ0v) is 16.5. The van der Waals surface area contributed by atoms with Gasteiger partial charge in [0.1, 0.15) is 23.0 Å². The Labute approximate surface area is 175 Å². The van der Waals surface area contributed by atoms with E-state index in [4.69, 9.17) is 21.1 Å². The van der Waals surface area contributed by atoms with Crippen molar-refractivity contribution in [3.63, 3.8) is 0 Å². The van der Waals surface area contributed by atoms with Crippen molar-refractivity contribution in [2.75, 3.05) is 0 Å². The molecule has 0 bridgehead atoms. The molecule has 0 saturated heterocycles. The van der Waals surface area contributed by atoms with Crippen molar-refractivity contribution >= 4 is 22.4 Å².